The molecule has 1 unspecified atom stereocenters. The topological polar surface area (TPSA) is 44.4 Å². The third-order valence-electron chi connectivity index (χ3n) is 3.21. The summed E-state index contributed by atoms with van der Waals surface area (Å²) in [4.78, 5) is 13.9. The number of urea groups is 1. The van der Waals surface area contributed by atoms with Crippen LogP contribution in [0.2, 0.25) is 5.02 Å². The zero-order valence-electron chi connectivity index (χ0n) is 12.3. The largest absolute Gasteiger partial charge is 0.336 e. The molecule has 1 aromatic carbocycles. The van der Waals surface area contributed by atoms with E-state index in [4.69, 9.17) is 11.6 Å². The molecule has 2 rings (SSSR count). The minimum absolute atomic E-state index is 0.0257. The van der Waals surface area contributed by atoms with E-state index in [0.29, 0.717) is 6.54 Å². The minimum atomic E-state index is -0.638. The van der Waals surface area contributed by atoms with E-state index in [2.05, 4.69) is 10.6 Å². The van der Waals surface area contributed by atoms with Gasteiger partial charge in [-0.25, -0.2) is 9.18 Å². The quantitative estimate of drug-likeness (QED) is 0.864. The molecule has 2 aromatic rings. The zero-order chi connectivity index (χ0) is 16.1. The van der Waals surface area contributed by atoms with Crippen LogP contribution in [0, 0.1) is 5.82 Å². The molecule has 0 saturated heterocycles. The molecule has 0 bridgehead atoms. The smallest absolute Gasteiger partial charge is 0.319 e. The molecule has 0 aliphatic rings. The van der Waals surface area contributed by atoms with Crippen molar-refractivity contribution in [3.05, 3.63) is 51.4 Å². The summed E-state index contributed by atoms with van der Waals surface area (Å²) in [5.74, 6) is -0.638. The van der Waals surface area contributed by atoms with Crippen LogP contribution in [0.3, 0.4) is 0 Å². The average molecular weight is 342 g/mol. The normalized spacial score (nSPS) is 12.2. The fraction of sp³-hybridized carbons (Fsp3) is 0.267. The Labute approximate surface area is 137 Å². The lowest BCUT2D eigenvalue weighted by Crippen LogP contribution is -2.36. The molecule has 1 aromatic heterocycles. The molecule has 2 amide bonds. The van der Waals surface area contributed by atoms with Gasteiger partial charge in [-0.1, -0.05) is 17.7 Å². The van der Waals surface area contributed by atoms with Crippen molar-refractivity contribution in [3.8, 4) is 0 Å². The number of nitrogens with zero attached hydrogens (tertiary/aromatic N) is 1. The second-order valence-electron chi connectivity index (χ2n) is 4.97. The van der Waals surface area contributed by atoms with Crippen molar-refractivity contribution < 1.29 is 9.18 Å². The van der Waals surface area contributed by atoms with E-state index in [-0.39, 0.29) is 16.8 Å². The maximum atomic E-state index is 13.7. The number of carbonyl (C=O) groups excluding carboxylic acids is 1. The van der Waals surface area contributed by atoms with Crippen molar-refractivity contribution in [2.24, 2.45) is 0 Å². The Kier molecular flexibility index (Phi) is 5.76. The fourth-order valence-corrected chi connectivity index (χ4v) is 2.90. The summed E-state index contributed by atoms with van der Waals surface area (Å²) in [6.07, 6.45) is 0. The van der Waals surface area contributed by atoms with Crippen molar-refractivity contribution in [1.29, 1.82) is 0 Å². The zero-order valence-corrected chi connectivity index (χ0v) is 13.8. The monoisotopic (exact) mass is 341 g/mol. The van der Waals surface area contributed by atoms with Crippen molar-refractivity contribution in [3.63, 3.8) is 0 Å². The van der Waals surface area contributed by atoms with Crippen LogP contribution in [0.15, 0.2) is 35.0 Å². The van der Waals surface area contributed by atoms with E-state index >= 15 is 0 Å². The second kappa shape index (κ2) is 7.58. The first-order chi connectivity index (χ1) is 10.5. The fourth-order valence-electron chi connectivity index (χ4n) is 2.02. The molecule has 22 heavy (non-hydrogen) atoms. The summed E-state index contributed by atoms with van der Waals surface area (Å²) in [6.45, 7) is 0.414. The second-order valence-corrected chi connectivity index (χ2v) is 6.16. The van der Waals surface area contributed by atoms with E-state index in [1.807, 2.05) is 35.8 Å². The van der Waals surface area contributed by atoms with Crippen LogP contribution < -0.4 is 10.6 Å². The highest BCUT2D eigenvalue weighted by Gasteiger charge is 2.16. The van der Waals surface area contributed by atoms with Crippen LogP contribution in [0.4, 0.5) is 14.9 Å². The highest BCUT2D eigenvalue weighted by atomic mass is 35.5. The van der Waals surface area contributed by atoms with Crippen LogP contribution in [0.1, 0.15) is 11.6 Å². The van der Waals surface area contributed by atoms with Crippen LogP contribution in [0.25, 0.3) is 0 Å². The van der Waals surface area contributed by atoms with Crippen LogP contribution in [-0.4, -0.2) is 31.6 Å². The van der Waals surface area contributed by atoms with E-state index in [0.717, 1.165) is 5.56 Å². The van der Waals surface area contributed by atoms with Gasteiger partial charge in [-0.15, -0.1) is 0 Å². The molecule has 2 N–H and O–H groups in total. The summed E-state index contributed by atoms with van der Waals surface area (Å²) >= 11 is 7.29. The standard InChI is InChI=1S/C15H17ClFN3OS/c1-20(2)13(10-6-7-22-9-10)8-18-15(21)19-12-5-3-4-11(16)14(12)17/h3-7,9,13H,8H2,1-2H3,(H2,18,19,21). The molecule has 0 fully saturated rings. The van der Waals surface area contributed by atoms with Gasteiger partial charge in [0.05, 0.1) is 16.8 Å². The third kappa shape index (κ3) is 4.19. The van der Waals surface area contributed by atoms with E-state index < -0.39 is 11.8 Å². The average Bonchev–Trinajstić information content (AvgIpc) is 2.98. The van der Waals surface area contributed by atoms with Crippen molar-refractivity contribution in [1.82, 2.24) is 10.2 Å². The molecule has 0 saturated carbocycles. The molecule has 118 valence electrons. The number of hydrogen-bond donors (Lipinski definition) is 2. The lowest BCUT2D eigenvalue weighted by Gasteiger charge is -2.24. The molecule has 0 spiro atoms. The van der Waals surface area contributed by atoms with Gasteiger partial charge in [-0.3, -0.25) is 0 Å². The molecule has 1 heterocycles. The number of rotatable bonds is 5. The van der Waals surface area contributed by atoms with Gasteiger partial charge in [-0.05, 0) is 48.6 Å². The number of anilines is 1. The summed E-state index contributed by atoms with van der Waals surface area (Å²) in [6, 6.07) is 6.08. The summed E-state index contributed by atoms with van der Waals surface area (Å²) in [5, 5.41) is 9.23. The maximum Gasteiger partial charge on any atom is 0.319 e. The Balaban J connectivity index is 1.96. The van der Waals surface area contributed by atoms with Gasteiger partial charge in [0.1, 0.15) is 0 Å². The van der Waals surface area contributed by atoms with E-state index in [9.17, 15) is 9.18 Å². The van der Waals surface area contributed by atoms with Gasteiger partial charge in [0.25, 0.3) is 0 Å². The number of benzene rings is 1. The van der Waals surface area contributed by atoms with E-state index in [1.54, 1.807) is 17.4 Å². The number of halogens is 2. The third-order valence-corrected chi connectivity index (χ3v) is 4.20. The Morgan fingerprint density at radius 1 is 1.41 bits per heavy atom. The van der Waals surface area contributed by atoms with Gasteiger partial charge in [-0.2, -0.15) is 11.3 Å². The lowest BCUT2D eigenvalue weighted by molar-refractivity contribution is 0.243. The van der Waals surface area contributed by atoms with Crippen LogP contribution in [-0.2, 0) is 0 Å². The van der Waals surface area contributed by atoms with Crippen LogP contribution >= 0.6 is 22.9 Å². The Bertz CT molecular complexity index is 634. The maximum absolute atomic E-state index is 13.7. The Morgan fingerprint density at radius 3 is 2.82 bits per heavy atom. The van der Waals surface area contributed by atoms with Crippen molar-refractivity contribution >= 4 is 34.7 Å². The minimum Gasteiger partial charge on any atom is -0.336 e. The van der Waals surface area contributed by atoms with Gasteiger partial charge < -0.3 is 15.5 Å². The van der Waals surface area contributed by atoms with E-state index in [1.165, 1.54) is 12.1 Å². The molecule has 0 radical (unpaired) electrons. The molecular weight excluding hydrogens is 325 g/mol. The lowest BCUT2D eigenvalue weighted by atomic mass is 10.1. The Hall–Kier alpha value is -1.63. The first-order valence-electron chi connectivity index (χ1n) is 6.66. The SMILES string of the molecule is CN(C)C(CNC(=O)Nc1cccc(Cl)c1F)c1ccsc1. The van der Waals surface area contributed by atoms with Crippen molar-refractivity contribution in [2.45, 2.75) is 6.04 Å². The molecule has 4 nitrogen and oxygen atoms in total. The van der Waals surface area contributed by atoms with Crippen LogP contribution in [0.5, 0.6) is 0 Å². The number of thiophene rings is 1. The van der Waals surface area contributed by atoms with Gasteiger partial charge in [0.2, 0.25) is 0 Å². The summed E-state index contributed by atoms with van der Waals surface area (Å²) in [7, 11) is 3.89. The number of carbonyl (C=O) groups is 1. The predicted molar refractivity (Wildman–Crippen MR) is 89.2 cm³/mol. The molecule has 7 heteroatoms. The van der Waals surface area contributed by atoms with Gasteiger partial charge >= 0.3 is 6.03 Å². The number of likely N-dealkylation sites (N-methyl/N-ethyl adjacent to an activating group) is 1. The van der Waals surface area contributed by atoms with Gasteiger partial charge in [0.15, 0.2) is 5.82 Å². The number of amides is 2. The molecule has 0 aliphatic heterocycles. The first kappa shape index (κ1) is 16.7. The summed E-state index contributed by atoms with van der Waals surface area (Å²) < 4.78 is 13.7. The molecular formula is C15H17ClFN3OS. The highest BCUT2D eigenvalue weighted by Crippen LogP contribution is 2.22. The highest BCUT2D eigenvalue weighted by molar-refractivity contribution is 7.07. The van der Waals surface area contributed by atoms with Crippen molar-refractivity contribution in [2.75, 3.05) is 26.0 Å². The molecule has 0 aliphatic carbocycles. The Morgan fingerprint density at radius 2 is 2.18 bits per heavy atom. The summed E-state index contributed by atoms with van der Waals surface area (Å²) in [5.41, 5.74) is 1.19. The van der Waals surface area contributed by atoms with Gasteiger partial charge in [0, 0.05) is 6.54 Å². The number of nitrogens with one attached hydrogen (secondary N) is 2. The first-order valence-corrected chi connectivity index (χ1v) is 7.98. The number of hydrogen-bond acceptors (Lipinski definition) is 3. The molecule has 1 atom stereocenters. The predicted octanol–water partition coefficient (Wildman–Crippen LogP) is 3.97.